The molecule has 21 heavy (non-hydrogen) atoms. The van der Waals surface area contributed by atoms with Crippen LogP contribution in [0.3, 0.4) is 0 Å². The van der Waals surface area contributed by atoms with Crippen molar-refractivity contribution >= 4 is 0 Å². The van der Waals surface area contributed by atoms with E-state index in [1.807, 2.05) is 36.4 Å². The molecule has 2 aromatic rings. The second kappa shape index (κ2) is 6.07. The van der Waals surface area contributed by atoms with Crippen LogP contribution in [0.2, 0.25) is 0 Å². The molecule has 1 heterocycles. The lowest BCUT2D eigenvalue weighted by molar-refractivity contribution is 0.248. The Morgan fingerprint density at radius 2 is 1.81 bits per heavy atom. The average molecular weight is 280 g/mol. The first-order chi connectivity index (χ1) is 10.3. The van der Waals surface area contributed by atoms with Gasteiger partial charge in [-0.2, -0.15) is 5.26 Å². The van der Waals surface area contributed by atoms with Crippen LogP contribution in [0.25, 0.3) is 0 Å². The van der Waals surface area contributed by atoms with Gasteiger partial charge in [0.25, 0.3) is 0 Å². The zero-order valence-corrected chi connectivity index (χ0v) is 11.8. The number of rotatable bonds is 3. The molecule has 2 aromatic carbocycles. The van der Waals surface area contributed by atoms with Crippen molar-refractivity contribution in [3.63, 3.8) is 0 Å². The second-order valence-electron chi connectivity index (χ2n) is 5.49. The van der Waals surface area contributed by atoms with Crippen molar-refractivity contribution < 1.29 is 4.39 Å². The first-order valence-electron chi connectivity index (χ1n) is 7.25. The summed E-state index contributed by atoms with van der Waals surface area (Å²) in [4.78, 5) is 2.43. The maximum Gasteiger partial charge on any atom is 0.123 e. The smallest absolute Gasteiger partial charge is 0.123 e. The summed E-state index contributed by atoms with van der Waals surface area (Å²) in [5.41, 5.74) is 3.08. The van der Waals surface area contributed by atoms with E-state index in [4.69, 9.17) is 5.26 Å². The van der Waals surface area contributed by atoms with Crippen molar-refractivity contribution in [2.75, 3.05) is 6.54 Å². The third-order valence-electron chi connectivity index (χ3n) is 4.09. The number of benzene rings is 2. The normalized spacial score (nSPS) is 18.6. The third-order valence-corrected chi connectivity index (χ3v) is 4.09. The number of nitriles is 1. The molecule has 0 aromatic heterocycles. The molecule has 3 rings (SSSR count). The zero-order chi connectivity index (χ0) is 14.7. The van der Waals surface area contributed by atoms with Crippen LogP contribution in [-0.4, -0.2) is 11.4 Å². The Kier molecular flexibility index (Phi) is 3.98. The maximum absolute atomic E-state index is 13.0. The van der Waals surface area contributed by atoms with Crippen molar-refractivity contribution in [2.45, 2.75) is 25.4 Å². The highest BCUT2D eigenvalue weighted by Gasteiger charge is 2.25. The Morgan fingerprint density at radius 1 is 1.10 bits per heavy atom. The molecule has 0 N–H and O–H groups in total. The molecule has 1 fully saturated rings. The summed E-state index contributed by atoms with van der Waals surface area (Å²) in [5.74, 6) is -0.185. The molecule has 1 saturated heterocycles. The Balaban J connectivity index is 1.74. The van der Waals surface area contributed by atoms with E-state index >= 15 is 0 Å². The molecular weight excluding hydrogens is 263 g/mol. The number of hydrogen-bond donors (Lipinski definition) is 0. The van der Waals surface area contributed by atoms with Crippen molar-refractivity contribution in [3.8, 4) is 6.07 Å². The van der Waals surface area contributed by atoms with E-state index in [1.165, 1.54) is 29.7 Å². The summed E-state index contributed by atoms with van der Waals surface area (Å²) in [6.45, 7) is 1.93. The summed E-state index contributed by atoms with van der Waals surface area (Å²) in [6, 6.07) is 17.1. The fourth-order valence-corrected chi connectivity index (χ4v) is 3.00. The van der Waals surface area contributed by atoms with Crippen molar-refractivity contribution in [2.24, 2.45) is 0 Å². The number of likely N-dealkylation sites (tertiary alicyclic amines) is 1. The van der Waals surface area contributed by atoms with Gasteiger partial charge in [-0.1, -0.05) is 24.3 Å². The summed E-state index contributed by atoms with van der Waals surface area (Å²) in [5, 5.41) is 8.83. The minimum atomic E-state index is -0.185. The van der Waals surface area contributed by atoms with Gasteiger partial charge in [-0.25, -0.2) is 4.39 Å². The summed E-state index contributed by atoms with van der Waals surface area (Å²) < 4.78 is 13.0. The van der Waals surface area contributed by atoms with Gasteiger partial charge in [-0.15, -0.1) is 0 Å². The molecule has 0 amide bonds. The fourth-order valence-electron chi connectivity index (χ4n) is 3.00. The molecule has 0 saturated carbocycles. The fraction of sp³-hybridized carbons (Fsp3) is 0.278. The Hall–Kier alpha value is -2.18. The van der Waals surface area contributed by atoms with Gasteiger partial charge in [0.1, 0.15) is 5.82 Å². The number of halogens is 1. The van der Waals surface area contributed by atoms with Crippen LogP contribution in [-0.2, 0) is 6.54 Å². The van der Waals surface area contributed by atoms with Crippen LogP contribution in [0.15, 0.2) is 48.5 Å². The lowest BCUT2D eigenvalue weighted by atomic mass is 10.0. The van der Waals surface area contributed by atoms with Gasteiger partial charge in [0, 0.05) is 12.6 Å². The summed E-state index contributed by atoms with van der Waals surface area (Å²) in [6.07, 6.45) is 2.28. The molecule has 0 radical (unpaired) electrons. The highest BCUT2D eigenvalue weighted by atomic mass is 19.1. The third kappa shape index (κ3) is 3.12. The summed E-state index contributed by atoms with van der Waals surface area (Å²) >= 11 is 0. The molecule has 0 unspecified atom stereocenters. The quantitative estimate of drug-likeness (QED) is 0.848. The van der Waals surface area contributed by atoms with Gasteiger partial charge in [0.15, 0.2) is 0 Å². The molecule has 0 aliphatic carbocycles. The lowest BCUT2D eigenvalue weighted by Gasteiger charge is -2.25. The lowest BCUT2D eigenvalue weighted by Crippen LogP contribution is -2.22. The van der Waals surface area contributed by atoms with Crippen molar-refractivity contribution in [1.29, 1.82) is 5.26 Å². The molecule has 0 spiro atoms. The standard InChI is InChI=1S/C18H17FN2/c19-17-9-7-16(8-10-17)18-2-1-11-21(18)13-15-5-3-14(12-20)4-6-15/h3-10,18H,1-2,11,13H2/t18-/m1/s1. The van der Waals surface area contributed by atoms with Gasteiger partial charge in [0.05, 0.1) is 11.6 Å². The van der Waals surface area contributed by atoms with Gasteiger partial charge in [0.2, 0.25) is 0 Å². The molecule has 3 heteroatoms. The van der Waals surface area contributed by atoms with Crippen LogP contribution in [0, 0.1) is 17.1 Å². The first-order valence-corrected chi connectivity index (χ1v) is 7.25. The molecular formula is C18H17FN2. The maximum atomic E-state index is 13.0. The molecule has 0 bridgehead atoms. The van der Waals surface area contributed by atoms with E-state index in [-0.39, 0.29) is 5.82 Å². The van der Waals surface area contributed by atoms with Crippen LogP contribution >= 0.6 is 0 Å². The SMILES string of the molecule is N#Cc1ccc(CN2CCC[C@@H]2c2ccc(F)cc2)cc1. The largest absolute Gasteiger partial charge is 0.292 e. The van der Waals surface area contributed by atoms with E-state index in [0.717, 1.165) is 19.5 Å². The van der Waals surface area contributed by atoms with Crippen LogP contribution < -0.4 is 0 Å². The Bertz CT molecular complexity index is 640. The molecule has 106 valence electrons. The number of hydrogen-bond acceptors (Lipinski definition) is 2. The van der Waals surface area contributed by atoms with E-state index < -0.39 is 0 Å². The highest BCUT2D eigenvalue weighted by molar-refractivity contribution is 5.31. The minimum absolute atomic E-state index is 0.185. The van der Waals surface area contributed by atoms with Crippen LogP contribution in [0.1, 0.15) is 35.6 Å². The topological polar surface area (TPSA) is 27.0 Å². The van der Waals surface area contributed by atoms with Crippen molar-refractivity contribution in [3.05, 3.63) is 71.0 Å². The molecule has 2 nitrogen and oxygen atoms in total. The van der Waals surface area contributed by atoms with E-state index in [0.29, 0.717) is 11.6 Å². The first kappa shape index (κ1) is 13.8. The van der Waals surface area contributed by atoms with E-state index in [9.17, 15) is 4.39 Å². The average Bonchev–Trinajstić information content (AvgIpc) is 2.97. The molecule has 1 aliphatic rings. The predicted octanol–water partition coefficient (Wildman–Crippen LogP) is 4.03. The van der Waals surface area contributed by atoms with Gasteiger partial charge in [-0.05, 0) is 54.8 Å². The van der Waals surface area contributed by atoms with Crippen molar-refractivity contribution in [1.82, 2.24) is 4.90 Å². The second-order valence-corrected chi connectivity index (χ2v) is 5.49. The number of nitrogens with zero attached hydrogens (tertiary/aromatic N) is 2. The van der Waals surface area contributed by atoms with E-state index in [2.05, 4.69) is 11.0 Å². The van der Waals surface area contributed by atoms with Crippen LogP contribution in [0.5, 0.6) is 0 Å². The summed E-state index contributed by atoms with van der Waals surface area (Å²) in [7, 11) is 0. The molecule has 1 atom stereocenters. The molecule has 1 aliphatic heterocycles. The van der Waals surface area contributed by atoms with Gasteiger partial charge < -0.3 is 0 Å². The zero-order valence-electron chi connectivity index (χ0n) is 11.8. The minimum Gasteiger partial charge on any atom is -0.292 e. The Labute approximate surface area is 124 Å². The predicted molar refractivity (Wildman–Crippen MR) is 79.9 cm³/mol. The highest BCUT2D eigenvalue weighted by Crippen LogP contribution is 2.33. The monoisotopic (exact) mass is 280 g/mol. The van der Waals surface area contributed by atoms with Gasteiger partial charge in [-0.3, -0.25) is 4.90 Å². The van der Waals surface area contributed by atoms with E-state index in [1.54, 1.807) is 0 Å². The Morgan fingerprint density at radius 3 is 2.48 bits per heavy atom. The van der Waals surface area contributed by atoms with Gasteiger partial charge >= 0.3 is 0 Å². The van der Waals surface area contributed by atoms with Crippen LogP contribution in [0.4, 0.5) is 4.39 Å².